The lowest BCUT2D eigenvalue weighted by Crippen LogP contribution is -2.17. The van der Waals surface area contributed by atoms with Crippen molar-refractivity contribution in [2.75, 3.05) is 0 Å². The monoisotopic (exact) mass is 257 g/mol. The van der Waals surface area contributed by atoms with Crippen molar-refractivity contribution in [1.29, 1.82) is 0 Å². The van der Waals surface area contributed by atoms with Crippen LogP contribution in [-0.4, -0.2) is 10.1 Å². The van der Waals surface area contributed by atoms with Crippen LogP contribution in [-0.2, 0) is 0 Å². The van der Waals surface area contributed by atoms with Crippen LogP contribution in [0.5, 0.6) is 6.01 Å². The lowest BCUT2D eigenvalue weighted by molar-refractivity contribution is -0.399. The Bertz CT molecular complexity index is 834. The minimum atomic E-state index is -0.488. The summed E-state index contributed by atoms with van der Waals surface area (Å²) in [5.74, 6) is 0.702. The molecule has 94 valence electrons. The van der Waals surface area contributed by atoms with Gasteiger partial charge in [-0.2, -0.15) is 4.98 Å². The van der Waals surface area contributed by atoms with E-state index in [1.54, 1.807) is 18.2 Å². The van der Waals surface area contributed by atoms with Gasteiger partial charge in [0.15, 0.2) is 5.43 Å². The third kappa shape index (κ3) is 1.99. The van der Waals surface area contributed by atoms with Gasteiger partial charge in [-0.3, -0.25) is 4.79 Å². The summed E-state index contributed by atoms with van der Waals surface area (Å²) in [7, 11) is 0. The number of benzene rings is 1. The van der Waals surface area contributed by atoms with Crippen LogP contribution in [0.3, 0.4) is 0 Å². The number of fused-ring (bicyclic) bond motifs is 1. The molecule has 0 atom stereocenters. The number of hydrogen-bond donors (Lipinski definition) is 2. The van der Waals surface area contributed by atoms with E-state index in [9.17, 15) is 9.59 Å². The molecule has 0 saturated carbocycles. The molecule has 0 aromatic carbocycles. The maximum absolute atomic E-state index is 11.7. The molecule has 1 aliphatic carbocycles. The minimum absolute atomic E-state index is 0.167. The molecule has 0 bridgehead atoms. The molecule has 0 fully saturated rings. The first-order valence-electron chi connectivity index (χ1n) is 5.52. The van der Waals surface area contributed by atoms with Crippen molar-refractivity contribution in [1.82, 2.24) is 4.98 Å². The smallest absolute Gasteiger partial charge is 0.451 e. The molecule has 3 rings (SSSR count). The molecule has 2 aliphatic rings. The van der Waals surface area contributed by atoms with Gasteiger partial charge in [-0.05, 0) is 24.3 Å². The predicted molar refractivity (Wildman–Crippen MR) is 65.9 cm³/mol. The molecule has 0 saturated heterocycles. The van der Waals surface area contributed by atoms with E-state index in [4.69, 9.17) is 9.52 Å². The van der Waals surface area contributed by atoms with E-state index in [2.05, 4.69) is 9.97 Å². The van der Waals surface area contributed by atoms with E-state index in [0.717, 1.165) is 5.56 Å². The number of H-pyrrole nitrogens is 2. The Kier molecular flexibility index (Phi) is 2.42. The fourth-order valence-electron chi connectivity index (χ4n) is 1.80. The van der Waals surface area contributed by atoms with Gasteiger partial charge in [0.25, 0.3) is 0 Å². The lowest BCUT2D eigenvalue weighted by Gasteiger charge is -2.05. The Morgan fingerprint density at radius 3 is 2.68 bits per heavy atom. The average molecular weight is 257 g/mol. The van der Waals surface area contributed by atoms with Crippen molar-refractivity contribution in [2.45, 2.75) is 0 Å². The maximum Gasteiger partial charge on any atom is 0.451 e. The topological polar surface area (TPSA) is 97.4 Å². The van der Waals surface area contributed by atoms with E-state index in [0.29, 0.717) is 11.5 Å². The maximum atomic E-state index is 11.7. The SMILES string of the molecule is O=c1ccc2ccc(-c3c[nH+]c(O)[nH]c3=O)oc-2c1. The largest absolute Gasteiger partial charge is 0.456 e. The Labute approximate surface area is 106 Å². The first-order valence-corrected chi connectivity index (χ1v) is 5.52. The van der Waals surface area contributed by atoms with Crippen molar-refractivity contribution in [3.05, 3.63) is 57.1 Å². The second-order valence-electron chi connectivity index (χ2n) is 4.00. The second-order valence-corrected chi connectivity index (χ2v) is 4.00. The predicted octanol–water partition coefficient (Wildman–Crippen LogP) is 0.620. The molecular formula is C13H9N2O4+. The summed E-state index contributed by atoms with van der Waals surface area (Å²) in [5.41, 5.74) is 0.343. The summed E-state index contributed by atoms with van der Waals surface area (Å²) < 4.78 is 5.53. The van der Waals surface area contributed by atoms with Crippen LogP contribution in [0.2, 0.25) is 0 Å². The van der Waals surface area contributed by atoms with Crippen LogP contribution in [0.4, 0.5) is 0 Å². The van der Waals surface area contributed by atoms with Gasteiger partial charge in [-0.25, -0.2) is 9.78 Å². The average Bonchev–Trinajstić information content (AvgIpc) is 2.38. The van der Waals surface area contributed by atoms with Gasteiger partial charge in [-0.15, -0.1) is 0 Å². The molecule has 0 spiro atoms. The number of hydrogen-bond acceptors (Lipinski definition) is 4. The molecule has 0 amide bonds. The molecule has 1 aromatic heterocycles. The highest BCUT2D eigenvalue weighted by Crippen LogP contribution is 2.25. The van der Waals surface area contributed by atoms with Crippen molar-refractivity contribution >= 4 is 0 Å². The highest BCUT2D eigenvalue weighted by atomic mass is 16.3. The number of rotatable bonds is 1. The van der Waals surface area contributed by atoms with E-state index in [1.165, 1.54) is 18.3 Å². The molecule has 1 aliphatic heterocycles. The summed E-state index contributed by atoms with van der Waals surface area (Å²) in [4.78, 5) is 27.7. The summed E-state index contributed by atoms with van der Waals surface area (Å²) in [5, 5.41) is 9.11. The summed E-state index contributed by atoms with van der Waals surface area (Å²) >= 11 is 0. The van der Waals surface area contributed by atoms with Gasteiger partial charge >= 0.3 is 11.6 Å². The quantitative estimate of drug-likeness (QED) is 0.667. The molecule has 6 heteroatoms. The van der Waals surface area contributed by atoms with E-state index in [-0.39, 0.29) is 17.0 Å². The zero-order chi connectivity index (χ0) is 13.4. The van der Waals surface area contributed by atoms with Gasteiger partial charge < -0.3 is 9.52 Å². The van der Waals surface area contributed by atoms with Crippen LogP contribution in [0.15, 0.2) is 50.5 Å². The summed E-state index contributed by atoms with van der Waals surface area (Å²) in [6.45, 7) is 0. The molecule has 0 unspecified atom stereocenters. The Morgan fingerprint density at radius 1 is 1.11 bits per heavy atom. The molecular weight excluding hydrogens is 248 g/mol. The van der Waals surface area contributed by atoms with Crippen LogP contribution < -0.4 is 16.0 Å². The highest BCUT2D eigenvalue weighted by Gasteiger charge is 2.14. The van der Waals surface area contributed by atoms with E-state index >= 15 is 0 Å². The zero-order valence-electron chi connectivity index (χ0n) is 9.64. The minimum Gasteiger partial charge on any atom is -0.456 e. The van der Waals surface area contributed by atoms with Crippen molar-refractivity contribution < 1.29 is 14.5 Å². The molecule has 19 heavy (non-hydrogen) atoms. The lowest BCUT2D eigenvalue weighted by atomic mass is 10.1. The van der Waals surface area contributed by atoms with E-state index in [1.807, 2.05) is 0 Å². The van der Waals surface area contributed by atoms with E-state index < -0.39 is 5.56 Å². The van der Waals surface area contributed by atoms with Crippen LogP contribution in [0.1, 0.15) is 0 Å². The number of aromatic nitrogens is 2. The fraction of sp³-hybridized carbons (Fsp3) is 0. The van der Waals surface area contributed by atoms with Gasteiger partial charge in [0, 0.05) is 11.6 Å². The van der Waals surface area contributed by atoms with Crippen molar-refractivity contribution in [3.8, 4) is 28.7 Å². The number of aromatic amines is 2. The normalized spacial score (nSPS) is 10.7. The van der Waals surface area contributed by atoms with Crippen LogP contribution >= 0.6 is 0 Å². The second kappa shape index (κ2) is 4.09. The van der Waals surface area contributed by atoms with Crippen LogP contribution in [0, 0.1) is 0 Å². The molecule has 1 aromatic rings. The van der Waals surface area contributed by atoms with Gasteiger partial charge in [0.1, 0.15) is 23.3 Å². The standard InChI is InChI=1S/C13H8N2O4/c16-8-3-1-7-2-4-10(19-11(7)5-8)9-6-14-13(18)15-12(9)17/h1-6H,(H2,14,15,17,18)/p+1. The summed E-state index contributed by atoms with van der Waals surface area (Å²) in [6, 6.07) is 7.49. The Morgan fingerprint density at radius 2 is 1.89 bits per heavy atom. The van der Waals surface area contributed by atoms with Crippen molar-refractivity contribution in [3.63, 3.8) is 0 Å². The van der Waals surface area contributed by atoms with Gasteiger partial charge in [0.05, 0.1) is 0 Å². The number of aromatic hydroxyl groups is 1. The van der Waals surface area contributed by atoms with Crippen molar-refractivity contribution in [2.24, 2.45) is 0 Å². The third-order valence-electron chi connectivity index (χ3n) is 2.71. The number of nitrogens with one attached hydrogen (secondary N) is 2. The molecule has 0 radical (unpaired) electrons. The molecule has 3 N–H and O–H groups in total. The first kappa shape index (κ1) is 11.2. The zero-order valence-corrected chi connectivity index (χ0v) is 9.64. The Balaban J connectivity index is 2.24. The van der Waals surface area contributed by atoms with Gasteiger partial charge in [0.2, 0.25) is 0 Å². The fourth-order valence-corrected chi connectivity index (χ4v) is 1.80. The summed E-state index contributed by atoms with van der Waals surface area (Å²) in [6.07, 6.45) is 1.33. The molecule has 2 heterocycles. The first-order chi connectivity index (χ1) is 9.13. The molecule has 6 nitrogen and oxygen atoms in total. The highest BCUT2D eigenvalue weighted by molar-refractivity contribution is 5.64. The van der Waals surface area contributed by atoms with Crippen LogP contribution in [0.25, 0.3) is 22.6 Å². The van der Waals surface area contributed by atoms with Gasteiger partial charge in [-0.1, -0.05) is 0 Å². The third-order valence-corrected chi connectivity index (χ3v) is 2.71. The Hall–Kier alpha value is -2.89.